The maximum Gasteiger partial charge on any atom is 0.302 e. The van der Waals surface area contributed by atoms with Crippen molar-refractivity contribution in [2.24, 2.45) is 0 Å². The molecule has 0 bridgehead atoms. The number of carbonyl (C=O) groups is 2. The summed E-state index contributed by atoms with van der Waals surface area (Å²) < 4.78 is 4.72. The Balaban J connectivity index is 3.67. The van der Waals surface area contributed by atoms with Crippen LogP contribution < -0.4 is 0 Å². The number of hydrogen-bond donors (Lipinski definition) is 0. The molecule has 0 aromatic heterocycles. The van der Waals surface area contributed by atoms with E-state index in [1.165, 1.54) is 6.92 Å². The lowest BCUT2D eigenvalue weighted by Crippen LogP contribution is -2.00. The van der Waals surface area contributed by atoms with Gasteiger partial charge in [-0.3, -0.25) is 9.59 Å². The second kappa shape index (κ2) is 7.56. The second-order valence-corrected chi connectivity index (χ2v) is 3.29. The molecule has 0 aromatic rings. The molecule has 0 atom stereocenters. The molecule has 0 amide bonds. The average molecular weight is 219 g/mol. The van der Waals surface area contributed by atoms with E-state index in [4.69, 9.17) is 16.3 Å². The van der Waals surface area contributed by atoms with Gasteiger partial charge in [-0.25, -0.2) is 0 Å². The smallest absolute Gasteiger partial charge is 0.302 e. The predicted molar refractivity (Wildman–Crippen MR) is 55.4 cm³/mol. The van der Waals surface area contributed by atoms with Crippen molar-refractivity contribution in [3.63, 3.8) is 0 Å². The third-order valence-corrected chi connectivity index (χ3v) is 1.96. The Kier molecular flexibility index (Phi) is 7.11. The molecule has 3 nitrogen and oxygen atoms in total. The van der Waals surface area contributed by atoms with E-state index in [0.717, 1.165) is 5.57 Å². The number of allylic oxidation sites excluding steroid dienone is 1. The van der Waals surface area contributed by atoms with E-state index in [0.29, 0.717) is 12.8 Å². The van der Waals surface area contributed by atoms with Gasteiger partial charge >= 0.3 is 5.97 Å². The zero-order valence-electron chi connectivity index (χ0n) is 8.51. The molecular weight excluding hydrogens is 204 g/mol. The zero-order chi connectivity index (χ0) is 11.0. The molecule has 0 aliphatic rings. The molecule has 0 aliphatic heterocycles. The van der Waals surface area contributed by atoms with Gasteiger partial charge in [0, 0.05) is 13.3 Å². The highest BCUT2D eigenvalue weighted by atomic mass is 35.5. The molecule has 0 N–H and O–H groups in total. The van der Waals surface area contributed by atoms with Crippen molar-refractivity contribution in [3.05, 3.63) is 11.6 Å². The first-order valence-corrected chi connectivity index (χ1v) is 4.96. The van der Waals surface area contributed by atoms with Crippen LogP contribution in [0.15, 0.2) is 11.6 Å². The summed E-state index contributed by atoms with van der Waals surface area (Å²) in [5, 5.41) is 0. The van der Waals surface area contributed by atoms with Gasteiger partial charge in [0.15, 0.2) is 0 Å². The van der Waals surface area contributed by atoms with Crippen LogP contribution in [-0.2, 0) is 14.3 Å². The number of Topliss-reactive ketones (excluding diaryl/α,β-unsaturated/α-hetero) is 1. The molecule has 0 aromatic carbocycles. The van der Waals surface area contributed by atoms with Crippen LogP contribution in [0.3, 0.4) is 0 Å². The monoisotopic (exact) mass is 218 g/mol. The fraction of sp³-hybridized carbons (Fsp3) is 0.600. The van der Waals surface area contributed by atoms with Crippen LogP contribution in [0.1, 0.15) is 26.7 Å². The summed E-state index contributed by atoms with van der Waals surface area (Å²) in [6, 6.07) is 0. The van der Waals surface area contributed by atoms with Crippen molar-refractivity contribution in [1.29, 1.82) is 0 Å². The number of carbonyl (C=O) groups excluding carboxylic acids is 2. The van der Waals surface area contributed by atoms with Crippen molar-refractivity contribution in [1.82, 2.24) is 0 Å². The van der Waals surface area contributed by atoms with Crippen LogP contribution in [0.4, 0.5) is 0 Å². The molecule has 0 rings (SSSR count). The lowest BCUT2D eigenvalue weighted by atomic mass is 10.1. The lowest BCUT2D eigenvalue weighted by molar-refractivity contribution is -0.139. The highest BCUT2D eigenvalue weighted by Gasteiger charge is 1.99. The maximum atomic E-state index is 10.9. The van der Waals surface area contributed by atoms with Gasteiger partial charge in [0.05, 0.1) is 5.88 Å². The number of ketones is 1. The fourth-order valence-corrected chi connectivity index (χ4v) is 0.940. The van der Waals surface area contributed by atoms with Crippen molar-refractivity contribution >= 4 is 23.4 Å². The van der Waals surface area contributed by atoms with Gasteiger partial charge in [0.2, 0.25) is 0 Å². The van der Waals surface area contributed by atoms with E-state index < -0.39 is 0 Å². The Hall–Kier alpha value is -0.830. The minimum Gasteiger partial charge on any atom is -0.462 e. The third-order valence-electron chi connectivity index (χ3n) is 1.67. The minimum absolute atomic E-state index is 0.0342. The van der Waals surface area contributed by atoms with Gasteiger partial charge in [-0.05, 0) is 19.4 Å². The quantitative estimate of drug-likeness (QED) is 0.390. The SMILES string of the molecule is CC(=O)OC/C=C(\C)CCC(=O)CCl. The van der Waals surface area contributed by atoms with Crippen LogP contribution in [0, 0.1) is 0 Å². The number of hydrogen-bond acceptors (Lipinski definition) is 3. The van der Waals surface area contributed by atoms with E-state index in [9.17, 15) is 9.59 Å². The standard InChI is InChI=1S/C10H15ClO3/c1-8(3-4-10(13)7-11)5-6-14-9(2)12/h5H,3-4,6-7H2,1-2H3/b8-5+. The summed E-state index contributed by atoms with van der Waals surface area (Å²) in [7, 11) is 0. The molecule has 0 spiro atoms. The van der Waals surface area contributed by atoms with Crippen LogP contribution in [0.25, 0.3) is 0 Å². The summed E-state index contributed by atoms with van der Waals surface area (Å²) in [6.07, 6.45) is 2.92. The van der Waals surface area contributed by atoms with Crippen molar-refractivity contribution in [2.75, 3.05) is 12.5 Å². The first kappa shape index (κ1) is 13.2. The Morgan fingerprint density at radius 3 is 2.43 bits per heavy atom. The Bertz CT molecular complexity index is 234. The maximum absolute atomic E-state index is 10.9. The average Bonchev–Trinajstić information content (AvgIpc) is 2.13. The molecule has 0 aliphatic carbocycles. The molecule has 80 valence electrons. The molecule has 14 heavy (non-hydrogen) atoms. The van der Waals surface area contributed by atoms with Crippen molar-refractivity contribution in [2.45, 2.75) is 26.7 Å². The normalized spacial score (nSPS) is 11.2. The lowest BCUT2D eigenvalue weighted by Gasteiger charge is -2.00. The molecule has 0 unspecified atom stereocenters. The van der Waals surface area contributed by atoms with E-state index >= 15 is 0 Å². The van der Waals surface area contributed by atoms with Crippen LogP contribution in [0.2, 0.25) is 0 Å². The molecule has 0 saturated carbocycles. The highest BCUT2D eigenvalue weighted by molar-refractivity contribution is 6.27. The van der Waals surface area contributed by atoms with E-state index in [1.807, 2.05) is 6.92 Å². The fourth-order valence-electron chi connectivity index (χ4n) is 0.807. The van der Waals surface area contributed by atoms with Crippen LogP contribution in [-0.4, -0.2) is 24.2 Å². The van der Waals surface area contributed by atoms with Gasteiger partial charge in [-0.2, -0.15) is 0 Å². The van der Waals surface area contributed by atoms with Gasteiger partial charge < -0.3 is 4.74 Å². The number of alkyl halides is 1. The minimum atomic E-state index is -0.300. The van der Waals surface area contributed by atoms with Crippen molar-refractivity contribution < 1.29 is 14.3 Å². The van der Waals surface area contributed by atoms with E-state index in [2.05, 4.69) is 0 Å². The van der Waals surface area contributed by atoms with Crippen LogP contribution >= 0.6 is 11.6 Å². The number of ether oxygens (including phenoxy) is 1. The number of esters is 1. The largest absolute Gasteiger partial charge is 0.462 e. The second-order valence-electron chi connectivity index (χ2n) is 3.03. The zero-order valence-corrected chi connectivity index (χ0v) is 9.26. The topological polar surface area (TPSA) is 43.4 Å². The molecule has 0 saturated heterocycles. The highest BCUT2D eigenvalue weighted by Crippen LogP contribution is 2.04. The van der Waals surface area contributed by atoms with Gasteiger partial charge in [-0.15, -0.1) is 11.6 Å². The third kappa shape index (κ3) is 7.80. The summed E-state index contributed by atoms with van der Waals surface area (Å²) in [6.45, 7) is 3.53. The van der Waals surface area contributed by atoms with Crippen molar-refractivity contribution in [3.8, 4) is 0 Å². The van der Waals surface area contributed by atoms with Gasteiger partial charge in [0.1, 0.15) is 12.4 Å². The molecular formula is C10H15ClO3. The summed E-state index contributed by atoms with van der Waals surface area (Å²) in [5.41, 5.74) is 1.03. The predicted octanol–water partition coefficient (Wildman–Crippen LogP) is 2.08. The van der Waals surface area contributed by atoms with Crippen LogP contribution in [0.5, 0.6) is 0 Å². The Morgan fingerprint density at radius 2 is 1.93 bits per heavy atom. The Morgan fingerprint density at radius 1 is 1.29 bits per heavy atom. The van der Waals surface area contributed by atoms with Gasteiger partial charge in [-0.1, -0.05) is 5.57 Å². The Labute approximate surface area is 89.1 Å². The summed E-state index contributed by atoms with van der Waals surface area (Å²) in [5.74, 6) is -0.199. The summed E-state index contributed by atoms with van der Waals surface area (Å²) in [4.78, 5) is 21.3. The number of rotatable bonds is 6. The molecule has 0 radical (unpaired) electrons. The number of halogens is 1. The summed E-state index contributed by atoms with van der Waals surface area (Å²) >= 11 is 5.34. The van der Waals surface area contributed by atoms with E-state index in [1.54, 1.807) is 6.08 Å². The molecule has 4 heteroatoms. The first-order valence-electron chi connectivity index (χ1n) is 4.43. The van der Waals surface area contributed by atoms with Gasteiger partial charge in [0.25, 0.3) is 0 Å². The van der Waals surface area contributed by atoms with E-state index in [-0.39, 0.29) is 24.2 Å². The first-order chi connectivity index (χ1) is 6.56. The molecule has 0 fully saturated rings. The molecule has 0 heterocycles.